The summed E-state index contributed by atoms with van der Waals surface area (Å²) in [5.41, 5.74) is 12.7. The van der Waals surface area contributed by atoms with Gasteiger partial charge in [0.05, 0.1) is 31.7 Å². The number of carbonyl (C=O) groups is 4. The molecule has 0 bridgehead atoms. The SMILES string of the molecule is C.CCCCCCCC(=O)Cc1cnc2ccc(OC)cc2c1-c1ccccc1.CCCCCCN.COc1ccc2ncc(CC(=O)O)c(-c3ccccc3)c2c1.O=C1CCC(=O)N1O. The molecule has 3 heterocycles. The van der Waals surface area contributed by atoms with Crippen LogP contribution in [0.5, 0.6) is 11.5 Å². The van der Waals surface area contributed by atoms with Crippen LogP contribution in [0.4, 0.5) is 0 Å². The molecule has 0 aliphatic carbocycles. The molecule has 0 saturated carbocycles. The highest BCUT2D eigenvalue weighted by Crippen LogP contribution is 2.35. The Morgan fingerprint density at radius 2 is 1.08 bits per heavy atom. The van der Waals surface area contributed by atoms with E-state index in [0.717, 1.165) is 80.5 Å². The Kier molecular flexibility index (Phi) is 23.8. The van der Waals surface area contributed by atoms with Crippen molar-refractivity contribution in [1.29, 1.82) is 0 Å². The van der Waals surface area contributed by atoms with Crippen molar-refractivity contribution in [2.24, 2.45) is 5.73 Å². The Morgan fingerprint density at radius 3 is 1.47 bits per heavy atom. The van der Waals surface area contributed by atoms with Gasteiger partial charge in [-0.2, -0.15) is 5.06 Å². The highest BCUT2D eigenvalue weighted by atomic mass is 16.5. The first kappa shape index (κ1) is 53.8. The Morgan fingerprint density at radius 1 is 0.636 bits per heavy atom. The fraction of sp³-hybridized carbons (Fsp3) is 0.370. The second-order valence-corrected chi connectivity index (χ2v) is 15.7. The van der Waals surface area contributed by atoms with E-state index >= 15 is 0 Å². The average Bonchev–Trinajstić information content (AvgIpc) is 3.62. The number of amides is 2. The summed E-state index contributed by atoms with van der Waals surface area (Å²) in [5, 5.41) is 19.6. The lowest BCUT2D eigenvalue weighted by Gasteiger charge is -2.14. The van der Waals surface area contributed by atoms with Crippen LogP contribution in [-0.2, 0) is 32.0 Å². The van der Waals surface area contributed by atoms with E-state index < -0.39 is 17.8 Å². The molecule has 6 aromatic rings. The van der Waals surface area contributed by atoms with Gasteiger partial charge in [-0.15, -0.1) is 0 Å². The third-order valence-electron chi connectivity index (χ3n) is 10.8. The number of fused-ring (bicyclic) bond motifs is 2. The molecule has 7 rings (SSSR count). The largest absolute Gasteiger partial charge is 0.497 e. The molecule has 2 aromatic heterocycles. The molecule has 1 saturated heterocycles. The van der Waals surface area contributed by atoms with Gasteiger partial charge in [0.15, 0.2) is 0 Å². The van der Waals surface area contributed by atoms with Gasteiger partial charge in [0.1, 0.15) is 17.3 Å². The van der Waals surface area contributed by atoms with E-state index in [2.05, 4.69) is 35.9 Å². The summed E-state index contributed by atoms with van der Waals surface area (Å²) in [7, 11) is 3.28. The van der Waals surface area contributed by atoms with Crippen molar-refractivity contribution in [3.05, 3.63) is 121 Å². The molecule has 4 N–H and O–H groups in total. The maximum atomic E-state index is 12.6. The average molecular weight is 901 g/mol. The highest BCUT2D eigenvalue weighted by molar-refractivity contribution is 6.01. The molecular formula is C54H68N4O8. The standard InChI is InChI=1S/C25H29NO2.C18H15NO3.C6H15N.C4H5NO3.CH4/c1-3-4-5-6-10-13-21(27)16-20-18-26-24-15-14-22(28-2)17-23(24)25(20)19-11-8-7-9-12-19;1-22-14-7-8-16-15(10-14)18(12-5-3-2-4-6-12)13(11-19-16)9-17(20)21;1-2-3-4-5-6-7;6-3-1-2-4(7)5(3)8;/h7-9,11-12,14-15,17-18H,3-6,10,13,16H2,1-2H3;2-8,10-11H,9H2,1H3,(H,20,21);2-7H2,1H3;8H,1-2H2;1H4. The van der Waals surface area contributed by atoms with Gasteiger partial charge in [0, 0.05) is 48.8 Å². The number of hydrogen-bond acceptors (Lipinski definition) is 10. The van der Waals surface area contributed by atoms with Gasteiger partial charge in [-0.25, -0.2) is 0 Å². The molecule has 1 aliphatic rings. The number of rotatable bonds is 18. The van der Waals surface area contributed by atoms with Crippen LogP contribution in [0.15, 0.2) is 109 Å². The highest BCUT2D eigenvalue weighted by Gasteiger charge is 2.27. The molecule has 0 unspecified atom stereocenters. The van der Waals surface area contributed by atoms with Crippen molar-refractivity contribution >= 4 is 45.4 Å². The monoisotopic (exact) mass is 901 g/mol. The summed E-state index contributed by atoms with van der Waals surface area (Å²) in [5.74, 6) is -0.0752. The zero-order chi connectivity index (χ0) is 47.0. The van der Waals surface area contributed by atoms with E-state index in [9.17, 15) is 19.2 Å². The van der Waals surface area contributed by atoms with Crippen LogP contribution in [-0.4, -0.2) is 69.7 Å². The number of pyridine rings is 2. The number of hydroxylamine groups is 2. The molecule has 12 nitrogen and oxygen atoms in total. The fourth-order valence-corrected chi connectivity index (χ4v) is 7.36. The number of ether oxygens (including phenoxy) is 2. The number of unbranched alkanes of at least 4 members (excludes halogenated alkanes) is 7. The topological polar surface area (TPSA) is 182 Å². The molecule has 66 heavy (non-hydrogen) atoms. The van der Waals surface area contributed by atoms with Crippen molar-refractivity contribution in [2.75, 3.05) is 20.8 Å². The number of methoxy groups -OCH3 is 2. The number of hydrogen-bond donors (Lipinski definition) is 3. The minimum Gasteiger partial charge on any atom is -0.497 e. The molecule has 352 valence electrons. The first-order valence-corrected chi connectivity index (χ1v) is 22.5. The number of carboxylic acid groups (broad SMARTS) is 1. The zero-order valence-electron chi connectivity index (χ0n) is 38.3. The maximum Gasteiger partial charge on any atom is 0.307 e. The Balaban J connectivity index is 0.000000268. The number of aromatic nitrogens is 2. The molecule has 1 aliphatic heterocycles. The van der Waals surface area contributed by atoms with Crippen LogP contribution in [0.3, 0.4) is 0 Å². The normalized spacial score (nSPS) is 11.6. The number of imide groups is 1. The van der Waals surface area contributed by atoms with Gasteiger partial charge in [0.2, 0.25) is 0 Å². The van der Waals surface area contributed by atoms with Gasteiger partial charge < -0.3 is 20.3 Å². The van der Waals surface area contributed by atoms with Gasteiger partial charge in [-0.05, 0) is 89.2 Å². The lowest BCUT2D eigenvalue weighted by atomic mass is 9.93. The summed E-state index contributed by atoms with van der Waals surface area (Å²) >= 11 is 0. The van der Waals surface area contributed by atoms with Gasteiger partial charge in [-0.1, -0.05) is 127 Å². The predicted octanol–water partition coefficient (Wildman–Crippen LogP) is 11.6. The van der Waals surface area contributed by atoms with Crippen LogP contribution in [0.1, 0.15) is 109 Å². The van der Waals surface area contributed by atoms with Crippen LogP contribution in [0, 0.1) is 0 Å². The molecule has 0 spiro atoms. The molecule has 12 heteroatoms. The number of carboxylic acids is 1. The molecule has 0 atom stereocenters. The summed E-state index contributed by atoms with van der Waals surface area (Å²) in [6.07, 6.45) is 15.8. The first-order valence-electron chi connectivity index (χ1n) is 22.5. The van der Waals surface area contributed by atoms with Gasteiger partial charge >= 0.3 is 5.97 Å². The van der Waals surface area contributed by atoms with E-state index in [4.69, 9.17) is 25.5 Å². The minimum atomic E-state index is -0.874. The van der Waals surface area contributed by atoms with Gasteiger partial charge in [0.25, 0.3) is 11.8 Å². The second kappa shape index (κ2) is 29.1. The fourth-order valence-electron chi connectivity index (χ4n) is 7.36. The third kappa shape index (κ3) is 16.5. The smallest absolute Gasteiger partial charge is 0.307 e. The number of nitrogens with two attached hydrogens (primary N) is 1. The Hall–Kier alpha value is -6.50. The Bertz CT molecular complexity index is 2420. The molecule has 2 amide bonds. The van der Waals surface area contributed by atoms with E-state index in [1.54, 1.807) is 20.4 Å². The van der Waals surface area contributed by atoms with E-state index in [1.807, 2.05) is 91.1 Å². The lowest BCUT2D eigenvalue weighted by molar-refractivity contribution is -0.171. The number of benzene rings is 4. The van der Waals surface area contributed by atoms with E-state index in [-0.39, 0.29) is 37.5 Å². The molecule has 0 radical (unpaired) electrons. The minimum absolute atomic E-state index is 0. The second-order valence-electron chi connectivity index (χ2n) is 15.7. The lowest BCUT2D eigenvalue weighted by Crippen LogP contribution is -2.24. The summed E-state index contributed by atoms with van der Waals surface area (Å²) < 4.78 is 10.7. The number of nitrogens with zero attached hydrogens (tertiary/aromatic N) is 3. The predicted molar refractivity (Wildman–Crippen MR) is 264 cm³/mol. The number of carbonyl (C=O) groups excluding carboxylic acids is 3. The van der Waals surface area contributed by atoms with Crippen molar-refractivity contribution in [1.82, 2.24) is 15.0 Å². The van der Waals surface area contributed by atoms with Crippen LogP contribution in [0.2, 0.25) is 0 Å². The van der Waals surface area contributed by atoms with Crippen LogP contribution >= 0.6 is 0 Å². The van der Waals surface area contributed by atoms with Crippen molar-refractivity contribution < 1.29 is 39.0 Å². The quantitative estimate of drug-likeness (QED) is 0.0424. The summed E-state index contributed by atoms with van der Waals surface area (Å²) in [6.45, 7) is 5.27. The number of ketones is 1. The number of Topliss-reactive ketones (excluding diaryl/α,β-unsaturated/α-hetero) is 1. The van der Waals surface area contributed by atoms with E-state index in [0.29, 0.717) is 18.4 Å². The summed E-state index contributed by atoms with van der Waals surface area (Å²) in [6, 6.07) is 31.5. The van der Waals surface area contributed by atoms with Crippen LogP contribution < -0.4 is 15.2 Å². The van der Waals surface area contributed by atoms with Crippen molar-refractivity contribution in [2.45, 2.75) is 111 Å². The van der Waals surface area contributed by atoms with Gasteiger partial charge in [-0.3, -0.25) is 34.4 Å². The molecule has 4 aromatic carbocycles. The van der Waals surface area contributed by atoms with Crippen molar-refractivity contribution in [3.8, 4) is 33.8 Å². The molecular weight excluding hydrogens is 833 g/mol. The summed E-state index contributed by atoms with van der Waals surface area (Å²) in [4.78, 5) is 53.3. The van der Waals surface area contributed by atoms with Crippen LogP contribution in [0.25, 0.3) is 44.1 Å². The van der Waals surface area contributed by atoms with Crippen molar-refractivity contribution in [3.63, 3.8) is 0 Å². The Labute approximate surface area is 390 Å². The maximum absolute atomic E-state index is 12.6. The first-order chi connectivity index (χ1) is 31.5. The zero-order valence-corrected chi connectivity index (χ0v) is 38.3. The molecule has 1 fully saturated rings. The number of aliphatic carboxylic acids is 1. The van der Waals surface area contributed by atoms with E-state index in [1.165, 1.54) is 44.9 Å². The third-order valence-corrected chi connectivity index (χ3v) is 10.8.